The molecule has 25 heavy (non-hydrogen) atoms. The second kappa shape index (κ2) is 6.98. The molecule has 126 valence electrons. The topological polar surface area (TPSA) is 27.1 Å². The third kappa shape index (κ3) is 3.50. The van der Waals surface area contributed by atoms with Gasteiger partial charge in [-0.3, -0.25) is 4.68 Å². The lowest BCUT2D eigenvalue weighted by molar-refractivity contribution is 0.371. The van der Waals surface area contributed by atoms with Gasteiger partial charge in [0.2, 0.25) is 0 Å². The number of allylic oxidation sites excluding steroid dienone is 2. The molecule has 0 radical (unpaired) electrons. The molecular weight excluding hydrogens is 308 g/mol. The van der Waals surface area contributed by atoms with E-state index in [9.17, 15) is 0 Å². The number of rotatable bonds is 5. The van der Waals surface area contributed by atoms with E-state index in [0.717, 1.165) is 42.0 Å². The number of benzene rings is 2. The second-order valence-electron chi connectivity index (χ2n) is 6.45. The van der Waals surface area contributed by atoms with E-state index < -0.39 is 0 Å². The van der Waals surface area contributed by atoms with E-state index in [1.807, 2.05) is 42.5 Å². The van der Waals surface area contributed by atoms with Crippen molar-refractivity contribution in [3.05, 3.63) is 78.5 Å². The average molecular weight is 330 g/mol. The lowest BCUT2D eigenvalue weighted by Crippen LogP contribution is -2.20. The molecule has 0 N–H and O–H groups in total. The van der Waals surface area contributed by atoms with Crippen molar-refractivity contribution in [2.45, 2.75) is 32.2 Å². The van der Waals surface area contributed by atoms with Crippen LogP contribution in [-0.4, -0.2) is 9.78 Å². The molecular formula is C22H22N2O. The van der Waals surface area contributed by atoms with Crippen LogP contribution in [0.25, 0.3) is 11.3 Å². The van der Waals surface area contributed by atoms with Crippen molar-refractivity contribution < 1.29 is 4.74 Å². The Bertz CT molecular complexity index is 855. The first-order valence-corrected chi connectivity index (χ1v) is 8.88. The summed E-state index contributed by atoms with van der Waals surface area (Å²) in [7, 11) is 0. The van der Waals surface area contributed by atoms with E-state index in [4.69, 9.17) is 9.84 Å². The van der Waals surface area contributed by atoms with Gasteiger partial charge < -0.3 is 4.74 Å². The number of aromatic nitrogens is 2. The maximum absolute atomic E-state index is 5.84. The van der Waals surface area contributed by atoms with E-state index in [1.165, 1.54) is 0 Å². The highest BCUT2D eigenvalue weighted by molar-refractivity contribution is 5.59. The summed E-state index contributed by atoms with van der Waals surface area (Å²) in [6.45, 7) is 2.19. The van der Waals surface area contributed by atoms with Crippen molar-refractivity contribution in [3.63, 3.8) is 0 Å². The molecule has 3 aromatic rings. The van der Waals surface area contributed by atoms with Crippen LogP contribution in [0.5, 0.6) is 11.5 Å². The van der Waals surface area contributed by atoms with Crippen molar-refractivity contribution in [3.8, 4) is 22.8 Å². The molecule has 1 heterocycles. The van der Waals surface area contributed by atoms with Gasteiger partial charge in [0, 0.05) is 11.8 Å². The highest BCUT2D eigenvalue weighted by atomic mass is 16.5. The first kappa shape index (κ1) is 15.7. The number of ether oxygens (including phenoxy) is 1. The van der Waals surface area contributed by atoms with Crippen molar-refractivity contribution in [2.24, 2.45) is 0 Å². The number of para-hydroxylation sites is 1. The van der Waals surface area contributed by atoms with Gasteiger partial charge in [0.15, 0.2) is 0 Å². The molecule has 1 saturated carbocycles. The van der Waals surface area contributed by atoms with Gasteiger partial charge in [0.25, 0.3) is 0 Å². The smallest absolute Gasteiger partial charge is 0.127 e. The highest BCUT2D eigenvalue weighted by Crippen LogP contribution is 2.37. The third-order valence-corrected chi connectivity index (χ3v) is 4.60. The summed E-state index contributed by atoms with van der Waals surface area (Å²) in [6.07, 6.45) is 7.84. The minimum atomic E-state index is 0.521. The van der Waals surface area contributed by atoms with Crippen LogP contribution >= 0.6 is 0 Å². The van der Waals surface area contributed by atoms with Crippen LogP contribution in [0.3, 0.4) is 0 Å². The Hall–Kier alpha value is -2.81. The first-order chi connectivity index (χ1) is 12.3. The van der Waals surface area contributed by atoms with Crippen LogP contribution in [-0.2, 0) is 0 Å². The number of nitrogens with zero attached hydrogens (tertiary/aromatic N) is 2. The molecule has 0 bridgehead atoms. The van der Waals surface area contributed by atoms with Crippen LogP contribution in [0.4, 0.5) is 0 Å². The predicted octanol–water partition coefficient (Wildman–Crippen LogP) is 6.01. The summed E-state index contributed by atoms with van der Waals surface area (Å²) in [5, 5.41) is 4.76. The zero-order valence-corrected chi connectivity index (χ0v) is 14.4. The summed E-state index contributed by atoms with van der Waals surface area (Å²) in [5.74, 6) is 1.68. The van der Waals surface area contributed by atoms with Gasteiger partial charge in [-0.25, -0.2) is 0 Å². The molecule has 1 aromatic heterocycles. The Balaban J connectivity index is 1.43. The Morgan fingerprint density at radius 2 is 1.72 bits per heavy atom. The fourth-order valence-electron chi connectivity index (χ4n) is 3.20. The van der Waals surface area contributed by atoms with Crippen LogP contribution in [0.2, 0.25) is 0 Å². The van der Waals surface area contributed by atoms with E-state index in [1.54, 1.807) is 5.57 Å². The predicted molar refractivity (Wildman–Crippen MR) is 101 cm³/mol. The zero-order chi connectivity index (χ0) is 17.1. The summed E-state index contributed by atoms with van der Waals surface area (Å²) in [5.41, 5.74) is 3.69. The third-order valence-electron chi connectivity index (χ3n) is 4.60. The molecule has 3 heteroatoms. The second-order valence-corrected chi connectivity index (χ2v) is 6.45. The largest absolute Gasteiger partial charge is 0.457 e. The fraction of sp³-hybridized carbons (Fsp3) is 0.227. The Kier molecular flexibility index (Phi) is 4.38. The van der Waals surface area contributed by atoms with Gasteiger partial charge in [-0.05, 0) is 61.7 Å². The molecule has 1 aliphatic carbocycles. The Morgan fingerprint density at radius 1 is 1.00 bits per heavy atom. The molecule has 3 nitrogen and oxygen atoms in total. The van der Waals surface area contributed by atoms with Crippen LogP contribution in [0.15, 0.2) is 78.5 Å². The van der Waals surface area contributed by atoms with Crippen LogP contribution < -0.4 is 4.74 Å². The van der Waals surface area contributed by atoms with E-state index in [0.29, 0.717) is 6.04 Å². The minimum Gasteiger partial charge on any atom is -0.457 e. The monoisotopic (exact) mass is 330 g/mol. The normalized spacial score (nSPS) is 16.4. The first-order valence-electron chi connectivity index (χ1n) is 8.88. The Morgan fingerprint density at radius 3 is 2.44 bits per heavy atom. The zero-order valence-electron chi connectivity index (χ0n) is 14.4. The van der Waals surface area contributed by atoms with Gasteiger partial charge >= 0.3 is 0 Å². The summed E-state index contributed by atoms with van der Waals surface area (Å²) in [4.78, 5) is 0. The maximum atomic E-state index is 5.84. The lowest BCUT2D eigenvalue weighted by Gasteiger charge is -2.29. The van der Waals surface area contributed by atoms with Crippen molar-refractivity contribution >= 4 is 0 Å². The SMILES string of the molecule is CCC=C1CC(n2ccc(-c3ccc(Oc4ccccc4)cc3)n2)C1. The highest BCUT2D eigenvalue weighted by Gasteiger charge is 2.24. The molecule has 0 spiro atoms. The minimum absolute atomic E-state index is 0.521. The molecule has 1 aliphatic rings. The summed E-state index contributed by atoms with van der Waals surface area (Å²) in [6, 6.07) is 20.6. The van der Waals surface area contributed by atoms with E-state index >= 15 is 0 Å². The van der Waals surface area contributed by atoms with Crippen molar-refractivity contribution in [1.29, 1.82) is 0 Å². The van der Waals surface area contributed by atoms with Crippen LogP contribution in [0.1, 0.15) is 32.2 Å². The van der Waals surface area contributed by atoms with Gasteiger partial charge in [-0.15, -0.1) is 0 Å². The van der Waals surface area contributed by atoms with Gasteiger partial charge in [0.1, 0.15) is 11.5 Å². The van der Waals surface area contributed by atoms with E-state index in [-0.39, 0.29) is 0 Å². The standard InChI is InChI=1S/C22H22N2O/c1-2-6-17-15-19(16-17)24-14-13-22(23-24)18-9-11-21(12-10-18)25-20-7-4-3-5-8-20/h3-14,19H,2,15-16H2,1H3. The van der Waals surface area contributed by atoms with Gasteiger partial charge in [0.05, 0.1) is 11.7 Å². The van der Waals surface area contributed by atoms with Crippen molar-refractivity contribution in [1.82, 2.24) is 9.78 Å². The Labute approximate surface area is 148 Å². The molecule has 4 rings (SSSR count). The molecule has 2 aromatic carbocycles. The number of hydrogen-bond acceptors (Lipinski definition) is 2. The number of hydrogen-bond donors (Lipinski definition) is 0. The lowest BCUT2D eigenvalue weighted by atomic mass is 9.86. The molecule has 0 aliphatic heterocycles. The maximum Gasteiger partial charge on any atom is 0.127 e. The molecule has 0 amide bonds. The van der Waals surface area contributed by atoms with Gasteiger partial charge in [-0.2, -0.15) is 5.10 Å². The molecule has 0 atom stereocenters. The fourth-order valence-corrected chi connectivity index (χ4v) is 3.20. The molecule has 0 unspecified atom stereocenters. The average Bonchev–Trinajstić information content (AvgIpc) is 3.09. The molecule has 0 saturated heterocycles. The van der Waals surface area contributed by atoms with E-state index in [2.05, 4.69) is 42.1 Å². The van der Waals surface area contributed by atoms with Gasteiger partial charge in [-0.1, -0.05) is 36.8 Å². The van der Waals surface area contributed by atoms with Crippen molar-refractivity contribution in [2.75, 3.05) is 0 Å². The summed E-state index contributed by atoms with van der Waals surface area (Å²) >= 11 is 0. The van der Waals surface area contributed by atoms with Crippen LogP contribution in [0, 0.1) is 0 Å². The summed E-state index contributed by atoms with van der Waals surface area (Å²) < 4.78 is 7.95. The molecule has 1 fully saturated rings. The quantitative estimate of drug-likeness (QED) is 0.535.